The molecule has 0 saturated carbocycles. The van der Waals surface area contributed by atoms with Gasteiger partial charge in [0.1, 0.15) is 18.5 Å². The molecule has 0 amide bonds. The van der Waals surface area contributed by atoms with Crippen molar-refractivity contribution in [3.63, 3.8) is 0 Å². The summed E-state index contributed by atoms with van der Waals surface area (Å²) in [7, 11) is 1.60. The monoisotopic (exact) mass is 293 g/mol. The molecule has 0 spiro atoms. The molecular weight excluding hydrogens is 274 g/mol. The van der Waals surface area contributed by atoms with Gasteiger partial charge in [-0.05, 0) is 24.1 Å². The zero-order valence-electron chi connectivity index (χ0n) is 12.9. The Hall–Kier alpha value is -2.57. The van der Waals surface area contributed by atoms with Crippen molar-refractivity contribution in [1.82, 2.24) is 0 Å². The number of hydrogen-bond acceptors (Lipinski definition) is 3. The van der Waals surface area contributed by atoms with E-state index in [1.54, 1.807) is 7.11 Å². The minimum atomic E-state index is -0.288. The Morgan fingerprint density at radius 2 is 1.86 bits per heavy atom. The van der Waals surface area contributed by atoms with Gasteiger partial charge in [0, 0.05) is 5.56 Å². The number of nitrogens with zero attached hydrogens (tertiary/aromatic N) is 1. The second kappa shape index (κ2) is 7.44. The van der Waals surface area contributed by atoms with Crippen molar-refractivity contribution in [2.75, 3.05) is 13.7 Å². The van der Waals surface area contributed by atoms with Crippen molar-refractivity contribution in [1.29, 1.82) is 5.26 Å². The Balaban J connectivity index is 2.41. The summed E-state index contributed by atoms with van der Waals surface area (Å²) in [6.07, 6.45) is -0.288. The van der Waals surface area contributed by atoms with E-state index in [-0.39, 0.29) is 12.7 Å². The maximum absolute atomic E-state index is 8.84. The van der Waals surface area contributed by atoms with Crippen LogP contribution in [-0.2, 0) is 9.47 Å². The molecule has 0 aliphatic carbocycles. The van der Waals surface area contributed by atoms with Crippen LogP contribution in [0, 0.1) is 18.3 Å². The lowest BCUT2D eigenvalue weighted by molar-refractivity contribution is 0.107. The van der Waals surface area contributed by atoms with Crippen LogP contribution in [0.3, 0.4) is 0 Å². The normalized spacial score (nSPS) is 11.5. The molecule has 1 unspecified atom stereocenters. The molecule has 0 aliphatic rings. The van der Waals surface area contributed by atoms with Crippen LogP contribution in [0.25, 0.3) is 5.76 Å². The molecule has 0 heterocycles. The van der Waals surface area contributed by atoms with Gasteiger partial charge in [-0.15, -0.1) is 0 Å². The molecule has 0 aromatic heterocycles. The average molecular weight is 293 g/mol. The molecule has 2 aromatic carbocycles. The molecule has 3 heteroatoms. The average Bonchev–Trinajstić information content (AvgIpc) is 2.55. The minimum absolute atomic E-state index is 0.0358. The van der Waals surface area contributed by atoms with E-state index in [0.29, 0.717) is 5.76 Å². The zero-order valence-corrected chi connectivity index (χ0v) is 12.9. The van der Waals surface area contributed by atoms with E-state index < -0.39 is 0 Å². The van der Waals surface area contributed by atoms with Gasteiger partial charge >= 0.3 is 0 Å². The van der Waals surface area contributed by atoms with Crippen molar-refractivity contribution in [2.24, 2.45) is 0 Å². The highest BCUT2D eigenvalue weighted by atomic mass is 16.5. The Labute approximate surface area is 131 Å². The second-order valence-electron chi connectivity index (χ2n) is 5.02. The van der Waals surface area contributed by atoms with Crippen molar-refractivity contribution in [2.45, 2.75) is 13.0 Å². The topological polar surface area (TPSA) is 42.2 Å². The van der Waals surface area contributed by atoms with Crippen LogP contribution in [-0.4, -0.2) is 13.7 Å². The summed E-state index contributed by atoms with van der Waals surface area (Å²) in [6.45, 7) is 5.95. The fraction of sp³-hybridized carbons (Fsp3) is 0.211. The number of rotatable bonds is 6. The molecule has 0 N–H and O–H groups in total. The third-order valence-corrected chi connectivity index (χ3v) is 3.42. The molecule has 0 fully saturated rings. The van der Waals surface area contributed by atoms with Crippen molar-refractivity contribution in [3.05, 3.63) is 77.4 Å². The number of benzene rings is 2. The van der Waals surface area contributed by atoms with Gasteiger partial charge in [-0.25, -0.2) is 0 Å². The summed E-state index contributed by atoms with van der Waals surface area (Å²) in [5.74, 6) is 0.602. The minimum Gasteiger partial charge on any atom is -0.497 e. The third-order valence-electron chi connectivity index (χ3n) is 3.42. The van der Waals surface area contributed by atoms with Crippen molar-refractivity contribution >= 4 is 5.76 Å². The summed E-state index contributed by atoms with van der Waals surface area (Å²) >= 11 is 0. The quantitative estimate of drug-likeness (QED) is 0.748. The highest BCUT2D eigenvalue weighted by Gasteiger charge is 2.16. The van der Waals surface area contributed by atoms with Gasteiger partial charge in [-0.3, -0.25) is 0 Å². The molecule has 0 radical (unpaired) electrons. The molecule has 0 bridgehead atoms. The summed E-state index contributed by atoms with van der Waals surface area (Å²) in [5, 5.41) is 8.84. The fourth-order valence-corrected chi connectivity index (χ4v) is 2.33. The molecule has 2 rings (SSSR count). The van der Waals surface area contributed by atoms with Gasteiger partial charge in [-0.1, -0.05) is 54.6 Å². The lowest BCUT2D eigenvalue weighted by Crippen LogP contribution is -2.07. The smallest absolute Gasteiger partial charge is 0.134 e. The summed E-state index contributed by atoms with van der Waals surface area (Å²) in [6, 6.07) is 18.0. The highest BCUT2D eigenvalue weighted by molar-refractivity contribution is 5.58. The van der Waals surface area contributed by atoms with Gasteiger partial charge in [-0.2, -0.15) is 5.26 Å². The summed E-state index contributed by atoms with van der Waals surface area (Å²) in [5.41, 5.74) is 4.05. The maximum atomic E-state index is 8.84. The van der Waals surface area contributed by atoms with Crippen LogP contribution in [0.1, 0.15) is 28.4 Å². The molecule has 112 valence electrons. The summed E-state index contributed by atoms with van der Waals surface area (Å²) < 4.78 is 10.9. The van der Waals surface area contributed by atoms with Crippen LogP contribution in [0.2, 0.25) is 0 Å². The van der Waals surface area contributed by atoms with E-state index in [2.05, 4.69) is 12.6 Å². The van der Waals surface area contributed by atoms with Crippen molar-refractivity contribution < 1.29 is 9.47 Å². The van der Waals surface area contributed by atoms with E-state index in [1.807, 2.05) is 55.5 Å². The first-order valence-electron chi connectivity index (χ1n) is 7.04. The van der Waals surface area contributed by atoms with E-state index in [4.69, 9.17) is 14.7 Å². The largest absolute Gasteiger partial charge is 0.497 e. The SMILES string of the molecule is C=C(OC)c1cccc(C(OCC#N)c2cccc(C)c2)c1. The van der Waals surface area contributed by atoms with E-state index in [1.165, 1.54) is 0 Å². The number of nitriles is 1. The Kier molecular flexibility index (Phi) is 5.35. The van der Waals surface area contributed by atoms with Gasteiger partial charge in [0.15, 0.2) is 0 Å². The van der Waals surface area contributed by atoms with Crippen LogP contribution in [0.5, 0.6) is 0 Å². The lowest BCUT2D eigenvalue weighted by atomic mass is 9.98. The Bertz CT molecular complexity index is 701. The first-order valence-corrected chi connectivity index (χ1v) is 7.04. The van der Waals surface area contributed by atoms with Gasteiger partial charge in [0.05, 0.1) is 13.2 Å². The van der Waals surface area contributed by atoms with E-state index in [0.717, 1.165) is 22.3 Å². The van der Waals surface area contributed by atoms with Crippen molar-refractivity contribution in [3.8, 4) is 6.07 Å². The summed E-state index contributed by atoms with van der Waals surface area (Å²) in [4.78, 5) is 0. The maximum Gasteiger partial charge on any atom is 0.134 e. The first kappa shape index (κ1) is 15.8. The zero-order chi connectivity index (χ0) is 15.9. The van der Waals surface area contributed by atoms with Gasteiger partial charge in [0.25, 0.3) is 0 Å². The Morgan fingerprint density at radius 3 is 2.50 bits per heavy atom. The van der Waals surface area contributed by atoms with Gasteiger partial charge < -0.3 is 9.47 Å². The Morgan fingerprint density at radius 1 is 1.18 bits per heavy atom. The predicted molar refractivity (Wildman–Crippen MR) is 87.1 cm³/mol. The predicted octanol–water partition coefficient (Wildman–Crippen LogP) is 4.24. The van der Waals surface area contributed by atoms with Crippen LogP contribution >= 0.6 is 0 Å². The van der Waals surface area contributed by atoms with Crippen LogP contribution in [0.4, 0.5) is 0 Å². The molecule has 0 aliphatic heterocycles. The first-order chi connectivity index (χ1) is 10.7. The molecule has 3 nitrogen and oxygen atoms in total. The molecule has 22 heavy (non-hydrogen) atoms. The lowest BCUT2D eigenvalue weighted by Gasteiger charge is -2.19. The molecular formula is C19H19NO2. The van der Waals surface area contributed by atoms with Gasteiger partial charge in [0.2, 0.25) is 0 Å². The standard InChI is InChI=1S/C19H19NO2/c1-14-6-4-8-17(12-14)19(22-11-10-20)18-9-5-7-16(13-18)15(2)21-3/h4-9,12-13,19H,2,11H2,1,3H3. The van der Waals surface area contributed by atoms with Crippen LogP contribution < -0.4 is 0 Å². The number of aryl methyl sites for hydroxylation is 1. The molecule has 0 saturated heterocycles. The third kappa shape index (κ3) is 3.75. The van der Waals surface area contributed by atoms with Crippen LogP contribution in [0.15, 0.2) is 55.1 Å². The second-order valence-corrected chi connectivity index (χ2v) is 5.02. The van der Waals surface area contributed by atoms with E-state index >= 15 is 0 Å². The fourth-order valence-electron chi connectivity index (χ4n) is 2.33. The number of hydrogen-bond donors (Lipinski definition) is 0. The molecule has 2 aromatic rings. The number of methoxy groups -OCH3 is 1. The highest BCUT2D eigenvalue weighted by Crippen LogP contribution is 2.28. The van der Waals surface area contributed by atoms with E-state index in [9.17, 15) is 0 Å². The number of ether oxygens (including phenoxy) is 2. The molecule has 1 atom stereocenters.